The highest BCUT2D eigenvalue weighted by Gasteiger charge is 2.33. The van der Waals surface area contributed by atoms with Crippen LogP contribution in [0, 0.1) is 0 Å². The maximum atomic E-state index is 12.5. The molecule has 24 heavy (non-hydrogen) atoms. The molecule has 0 saturated heterocycles. The summed E-state index contributed by atoms with van der Waals surface area (Å²) in [6.45, 7) is 6.36. The molecule has 0 radical (unpaired) electrons. The summed E-state index contributed by atoms with van der Waals surface area (Å²) in [7, 11) is 1.77. The lowest BCUT2D eigenvalue weighted by molar-refractivity contribution is -0.132. The fraction of sp³-hybridized carbons (Fsp3) is 0.556. The van der Waals surface area contributed by atoms with Crippen molar-refractivity contribution in [3.05, 3.63) is 23.8 Å². The first kappa shape index (κ1) is 18.3. The van der Waals surface area contributed by atoms with Gasteiger partial charge in [0, 0.05) is 19.6 Å². The average molecular weight is 333 g/mol. The minimum atomic E-state index is -0.604. The van der Waals surface area contributed by atoms with Gasteiger partial charge < -0.3 is 15.4 Å². The third-order valence-corrected chi connectivity index (χ3v) is 4.28. The van der Waals surface area contributed by atoms with E-state index in [9.17, 15) is 9.59 Å². The zero-order valence-electron chi connectivity index (χ0n) is 14.9. The van der Waals surface area contributed by atoms with Crippen LogP contribution in [0.3, 0.4) is 0 Å². The number of amides is 2. The van der Waals surface area contributed by atoms with Gasteiger partial charge in [0.15, 0.2) is 6.10 Å². The number of ether oxygens (including phenoxy) is 1. The second kappa shape index (κ2) is 7.66. The van der Waals surface area contributed by atoms with Crippen LogP contribution in [-0.4, -0.2) is 43.0 Å². The lowest BCUT2D eigenvalue weighted by Crippen LogP contribution is -2.49. The number of fused-ring (bicyclic) bond motifs is 1. The van der Waals surface area contributed by atoms with E-state index in [1.165, 1.54) is 4.90 Å². The second-order valence-corrected chi connectivity index (χ2v) is 6.37. The molecule has 1 aliphatic heterocycles. The number of likely N-dealkylation sites (N-methyl/N-ethyl adjacent to an activating group) is 1. The number of benzene rings is 1. The monoisotopic (exact) mass is 333 g/mol. The molecule has 2 unspecified atom stereocenters. The van der Waals surface area contributed by atoms with Gasteiger partial charge in [-0.2, -0.15) is 0 Å². The zero-order valence-corrected chi connectivity index (χ0v) is 14.9. The van der Waals surface area contributed by atoms with Crippen LogP contribution in [0.2, 0.25) is 0 Å². The Bertz CT molecular complexity index is 616. The van der Waals surface area contributed by atoms with Crippen LogP contribution in [0.1, 0.15) is 45.2 Å². The minimum Gasteiger partial charge on any atom is -0.479 e. The van der Waals surface area contributed by atoms with E-state index in [1.54, 1.807) is 18.9 Å². The molecule has 0 spiro atoms. The fourth-order valence-corrected chi connectivity index (χ4v) is 2.65. The molecule has 1 aromatic carbocycles. The van der Waals surface area contributed by atoms with E-state index < -0.39 is 6.10 Å². The van der Waals surface area contributed by atoms with Gasteiger partial charge in [-0.15, -0.1) is 0 Å². The standard InChI is InChI=1S/C18H27N3O3/c1-5-6-9-20(4)17(22)11-21-15-10-14(12(2)19)7-8-16(15)24-13(3)18(21)23/h7-8,10,12-13H,5-6,9,11,19H2,1-4H3. The normalized spacial score (nSPS) is 18.0. The number of hydrogen-bond donors (Lipinski definition) is 1. The Morgan fingerprint density at radius 3 is 2.79 bits per heavy atom. The zero-order chi connectivity index (χ0) is 17.9. The smallest absolute Gasteiger partial charge is 0.268 e. The van der Waals surface area contributed by atoms with Gasteiger partial charge in [-0.1, -0.05) is 19.4 Å². The number of nitrogens with zero attached hydrogens (tertiary/aromatic N) is 2. The van der Waals surface area contributed by atoms with Crippen LogP contribution in [0.15, 0.2) is 18.2 Å². The summed E-state index contributed by atoms with van der Waals surface area (Å²) in [5.74, 6) is 0.320. The van der Waals surface area contributed by atoms with E-state index >= 15 is 0 Å². The molecule has 2 amide bonds. The number of unbranched alkanes of at least 4 members (excludes halogenated alkanes) is 1. The highest BCUT2D eigenvalue weighted by Crippen LogP contribution is 2.35. The molecule has 6 heteroatoms. The Hall–Kier alpha value is -2.08. The van der Waals surface area contributed by atoms with Crippen LogP contribution >= 0.6 is 0 Å². The first-order valence-corrected chi connectivity index (χ1v) is 8.46. The van der Waals surface area contributed by atoms with Crippen molar-refractivity contribution in [2.24, 2.45) is 5.73 Å². The lowest BCUT2D eigenvalue weighted by atomic mass is 10.1. The predicted molar refractivity (Wildman–Crippen MR) is 94.0 cm³/mol. The van der Waals surface area contributed by atoms with Gasteiger partial charge in [-0.3, -0.25) is 14.5 Å². The summed E-state index contributed by atoms with van der Waals surface area (Å²) in [6.07, 6.45) is 1.36. The van der Waals surface area contributed by atoms with Crippen molar-refractivity contribution in [2.75, 3.05) is 25.0 Å². The van der Waals surface area contributed by atoms with E-state index in [0.29, 0.717) is 18.0 Å². The van der Waals surface area contributed by atoms with Crippen LogP contribution in [-0.2, 0) is 9.59 Å². The molecule has 2 N–H and O–H groups in total. The number of nitrogens with two attached hydrogens (primary N) is 1. The molecule has 1 heterocycles. The maximum absolute atomic E-state index is 12.5. The van der Waals surface area contributed by atoms with Crippen molar-refractivity contribution in [3.63, 3.8) is 0 Å². The van der Waals surface area contributed by atoms with Crippen molar-refractivity contribution in [3.8, 4) is 5.75 Å². The Balaban J connectivity index is 2.26. The number of rotatable bonds is 6. The topological polar surface area (TPSA) is 75.9 Å². The molecule has 132 valence electrons. The third-order valence-electron chi connectivity index (χ3n) is 4.28. The fourth-order valence-electron chi connectivity index (χ4n) is 2.65. The first-order valence-electron chi connectivity index (χ1n) is 8.46. The molecule has 0 saturated carbocycles. The molecule has 2 rings (SSSR count). The summed E-state index contributed by atoms with van der Waals surface area (Å²) in [5.41, 5.74) is 7.45. The maximum Gasteiger partial charge on any atom is 0.268 e. The van der Waals surface area contributed by atoms with E-state index in [0.717, 1.165) is 18.4 Å². The second-order valence-electron chi connectivity index (χ2n) is 6.37. The third kappa shape index (κ3) is 3.87. The Morgan fingerprint density at radius 2 is 2.17 bits per heavy atom. The molecular weight excluding hydrogens is 306 g/mol. The highest BCUT2D eigenvalue weighted by molar-refractivity contribution is 6.03. The highest BCUT2D eigenvalue weighted by atomic mass is 16.5. The Labute approximate surface area is 143 Å². The largest absolute Gasteiger partial charge is 0.479 e. The van der Waals surface area contributed by atoms with Crippen molar-refractivity contribution >= 4 is 17.5 Å². The number of carbonyl (C=O) groups is 2. The molecule has 1 aromatic rings. The Kier molecular flexibility index (Phi) is 5.83. The van der Waals surface area contributed by atoms with Crippen LogP contribution in [0.25, 0.3) is 0 Å². The van der Waals surface area contributed by atoms with Gasteiger partial charge in [0.25, 0.3) is 5.91 Å². The molecule has 0 fully saturated rings. The lowest BCUT2D eigenvalue weighted by Gasteiger charge is -2.34. The van der Waals surface area contributed by atoms with E-state index in [2.05, 4.69) is 6.92 Å². The summed E-state index contributed by atoms with van der Waals surface area (Å²) in [5, 5.41) is 0. The van der Waals surface area contributed by atoms with E-state index in [4.69, 9.17) is 10.5 Å². The minimum absolute atomic E-state index is 0.0160. The van der Waals surface area contributed by atoms with Crippen LogP contribution in [0.5, 0.6) is 5.75 Å². The average Bonchev–Trinajstić information content (AvgIpc) is 2.56. The summed E-state index contributed by atoms with van der Waals surface area (Å²) in [4.78, 5) is 28.2. The summed E-state index contributed by atoms with van der Waals surface area (Å²) in [6, 6.07) is 5.38. The number of carbonyl (C=O) groups excluding carboxylic acids is 2. The van der Waals surface area contributed by atoms with Gasteiger partial charge in [0.2, 0.25) is 5.91 Å². The Morgan fingerprint density at radius 1 is 1.46 bits per heavy atom. The van der Waals surface area contributed by atoms with Crippen molar-refractivity contribution < 1.29 is 14.3 Å². The molecule has 0 aromatic heterocycles. The molecule has 6 nitrogen and oxygen atoms in total. The van der Waals surface area contributed by atoms with Crippen LogP contribution < -0.4 is 15.4 Å². The van der Waals surface area contributed by atoms with Gasteiger partial charge in [-0.05, 0) is 38.0 Å². The van der Waals surface area contributed by atoms with E-state index in [-0.39, 0.29) is 24.4 Å². The van der Waals surface area contributed by atoms with Crippen LogP contribution in [0.4, 0.5) is 5.69 Å². The molecule has 0 aliphatic carbocycles. The predicted octanol–water partition coefficient (Wildman–Crippen LogP) is 2.08. The first-order chi connectivity index (χ1) is 11.3. The molecule has 1 aliphatic rings. The van der Waals surface area contributed by atoms with Crippen molar-refractivity contribution in [1.82, 2.24) is 4.90 Å². The molecule has 0 bridgehead atoms. The van der Waals surface area contributed by atoms with Gasteiger partial charge in [0.05, 0.1) is 5.69 Å². The summed E-state index contributed by atoms with van der Waals surface area (Å²) >= 11 is 0. The van der Waals surface area contributed by atoms with E-state index in [1.807, 2.05) is 25.1 Å². The quantitative estimate of drug-likeness (QED) is 0.865. The molecule has 2 atom stereocenters. The summed E-state index contributed by atoms with van der Waals surface area (Å²) < 4.78 is 5.66. The van der Waals surface area contributed by atoms with Crippen molar-refractivity contribution in [1.29, 1.82) is 0 Å². The van der Waals surface area contributed by atoms with Gasteiger partial charge >= 0.3 is 0 Å². The number of anilines is 1. The SMILES string of the molecule is CCCCN(C)C(=O)CN1C(=O)C(C)Oc2ccc(C(C)N)cc21. The molecular formula is C18H27N3O3. The van der Waals surface area contributed by atoms with Gasteiger partial charge in [0.1, 0.15) is 12.3 Å². The van der Waals surface area contributed by atoms with Crippen molar-refractivity contribution in [2.45, 2.75) is 45.8 Å². The van der Waals surface area contributed by atoms with Gasteiger partial charge in [-0.25, -0.2) is 0 Å². The number of hydrogen-bond acceptors (Lipinski definition) is 4.